The van der Waals surface area contributed by atoms with E-state index < -0.39 is 0 Å². The van der Waals surface area contributed by atoms with Crippen LogP contribution < -0.4 is 10.6 Å². The molecule has 0 bridgehead atoms. The van der Waals surface area contributed by atoms with E-state index in [1.165, 1.54) is 4.63 Å². The number of hydrogen-bond acceptors (Lipinski definition) is 6. The fraction of sp³-hybridized carbons (Fsp3) is 0.167. The number of anilines is 2. The number of fused-ring (bicyclic) bond motifs is 1. The monoisotopic (exact) mass is 255 g/mol. The summed E-state index contributed by atoms with van der Waals surface area (Å²) in [5.41, 5.74) is 8.36. The molecular formula is C12H13N7. The van der Waals surface area contributed by atoms with E-state index in [9.17, 15) is 0 Å². The van der Waals surface area contributed by atoms with E-state index in [1.807, 2.05) is 48.3 Å². The summed E-state index contributed by atoms with van der Waals surface area (Å²) in [7, 11) is 1.94. The summed E-state index contributed by atoms with van der Waals surface area (Å²) in [4.78, 5) is 1.96. The van der Waals surface area contributed by atoms with Gasteiger partial charge in [-0.25, -0.2) is 0 Å². The quantitative estimate of drug-likeness (QED) is 0.743. The second-order valence-corrected chi connectivity index (χ2v) is 4.15. The molecule has 2 heterocycles. The SMILES string of the molecule is CN(c1cccc(CN)c1)c1ccc2nnnn2n1. The summed E-state index contributed by atoms with van der Waals surface area (Å²) < 4.78 is 1.40. The van der Waals surface area contributed by atoms with Crippen LogP contribution in [0.1, 0.15) is 5.56 Å². The summed E-state index contributed by atoms with van der Waals surface area (Å²) in [5.74, 6) is 0.758. The minimum Gasteiger partial charge on any atom is -0.328 e. The lowest BCUT2D eigenvalue weighted by Gasteiger charge is -2.18. The molecule has 1 aromatic carbocycles. The molecule has 3 rings (SSSR count). The summed E-state index contributed by atoms with van der Waals surface area (Å²) in [5, 5.41) is 15.5. The van der Waals surface area contributed by atoms with Crippen molar-refractivity contribution < 1.29 is 0 Å². The topological polar surface area (TPSA) is 85.2 Å². The third-order valence-corrected chi connectivity index (χ3v) is 2.93. The normalized spacial score (nSPS) is 10.8. The van der Waals surface area contributed by atoms with Gasteiger partial charge in [-0.05, 0) is 40.3 Å². The van der Waals surface area contributed by atoms with Crippen LogP contribution in [0.3, 0.4) is 0 Å². The van der Waals surface area contributed by atoms with Crippen molar-refractivity contribution in [1.82, 2.24) is 25.3 Å². The van der Waals surface area contributed by atoms with Crippen LogP contribution >= 0.6 is 0 Å². The fourth-order valence-corrected chi connectivity index (χ4v) is 1.84. The molecule has 0 aliphatic carbocycles. The second kappa shape index (κ2) is 4.62. The van der Waals surface area contributed by atoms with Gasteiger partial charge in [-0.3, -0.25) is 0 Å². The predicted octanol–water partition coefficient (Wildman–Crippen LogP) is 0.746. The standard InChI is InChI=1S/C12H13N7/c1-18(10-4-2-3-9(7-10)8-13)12-6-5-11-14-16-17-19(11)15-12/h2-7H,8,13H2,1H3. The molecule has 0 saturated carbocycles. The van der Waals surface area contributed by atoms with Gasteiger partial charge in [0.05, 0.1) is 0 Å². The van der Waals surface area contributed by atoms with Gasteiger partial charge < -0.3 is 10.6 Å². The molecule has 0 aliphatic rings. The van der Waals surface area contributed by atoms with Crippen molar-refractivity contribution in [2.24, 2.45) is 5.73 Å². The largest absolute Gasteiger partial charge is 0.328 e. The van der Waals surface area contributed by atoms with Gasteiger partial charge >= 0.3 is 0 Å². The molecule has 96 valence electrons. The molecule has 19 heavy (non-hydrogen) atoms. The maximum absolute atomic E-state index is 5.65. The van der Waals surface area contributed by atoms with Gasteiger partial charge in [0, 0.05) is 19.3 Å². The molecule has 0 unspecified atom stereocenters. The molecule has 0 atom stereocenters. The van der Waals surface area contributed by atoms with Gasteiger partial charge in [-0.1, -0.05) is 12.1 Å². The molecule has 2 aromatic heterocycles. The summed E-state index contributed by atoms with van der Waals surface area (Å²) in [6.45, 7) is 0.515. The first-order valence-electron chi connectivity index (χ1n) is 5.86. The van der Waals surface area contributed by atoms with Crippen LogP contribution in [0.15, 0.2) is 36.4 Å². The number of benzene rings is 1. The molecule has 0 amide bonds. The molecule has 7 heteroatoms. The molecule has 0 spiro atoms. The average molecular weight is 255 g/mol. The van der Waals surface area contributed by atoms with Crippen molar-refractivity contribution in [2.75, 3.05) is 11.9 Å². The highest BCUT2D eigenvalue weighted by Crippen LogP contribution is 2.22. The maximum atomic E-state index is 5.65. The Morgan fingerprint density at radius 1 is 1.26 bits per heavy atom. The Morgan fingerprint density at radius 3 is 3.00 bits per heavy atom. The van der Waals surface area contributed by atoms with E-state index in [4.69, 9.17) is 5.73 Å². The van der Waals surface area contributed by atoms with Crippen LogP contribution in [0.5, 0.6) is 0 Å². The van der Waals surface area contributed by atoms with Gasteiger partial charge in [0.25, 0.3) is 0 Å². The molecule has 7 nitrogen and oxygen atoms in total. The lowest BCUT2D eigenvalue weighted by atomic mass is 10.2. The zero-order chi connectivity index (χ0) is 13.2. The third-order valence-electron chi connectivity index (χ3n) is 2.93. The van der Waals surface area contributed by atoms with Crippen molar-refractivity contribution in [2.45, 2.75) is 6.54 Å². The van der Waals surface area contributed by atoms with E-state index in [2.05, 4.69) is 20.6 Å². The first-order valence-corrected chi connectivity index (χ1v) is 5.86. The number of rotatable bonds is 3. The minimum absolute atomic E-state index is 0.515. The van der Waals surface area contributed by atoms with Gasteiger partial charge in [-0.15, -0.1) is 14.8 Å². The first kappa shape index (κ1) is 11.5. The Morgan fingerprint density at radius 2 is 2.16 bits per heavy atom. The van der Waals surface area contributed by atoms with E-state index >= 15 is 0 Å². The Balaban J connectivity index is 1.99. The smallest absolute Gasteiger partial charge is 0.200 e. The van der Waals surface area contributed by atoms with Crippen molar-refractivity contribution >= 4 is 17.2 Å². The van der Waals surface area contributed by atoms with E-state index in [0.717, 1.165) is 17.1 Å². The van der Waals surface area contributed by atoms with E-state index in [1.54, 1.807) is 0 Å². The van der Waals surface area contributed by atoms with Crippen LogP contribution in [-0.2, 0) is 6.54 Å². The summed E-state index contributed by atoms with van der Waals surface area (Å²) in [6.07, 6.45) is 0. The van der Waals surface area contributed by atoms with Crippen LogP contribution in [0.2, 0.25) is 0 Å². The van der Waals surface area contributed by atoms with Crippen LogP contribution in [0.25, 0.3) is 5.65 Å². The fourth-order valence-electron chi connectivity index (χ4n) is 1.84. The number of aromatic nitrogens is 5. The lowest BCUT2D eigenvalue weighted by Crippen LogP contribution is -2.13. The average Bonchev–Trinajstić information content (AvgIpc) is 2.94. The van der Waals surface area contributed by atoms with Crippen LogP contribution in [0.4, 0.5) is 11.5 Å². The Hall–Kier alpha value is -2.54. The van der Waals surface area contributed by atoms with Crippen molar-refractivity contribution in [3.8, 4) is 0 Å². The molecule has 0 aliphatic heterocycles. The van der Waals surface area contributed by atoms with Gasteiger partial charge in [0.2, 0.25) is 0 Å². The minimum atomic E-state index is 0.515. The Labute approximate surface area is 109 Å². The molecule has 0 radical (unpaired) electrons. The van der Waals surface area contributed by atoms with Crippen molar-refractivity contribution in [3.63, 3.8) is 0 Å². The van der Waals surface area contributed by atoms with Gasteiger partial charge in [0.1, 0.15) is 0 Å². The Kier molecular flexibility index (Phi) is 2.81. The first-order chi connectivity index (χ1) is 9.28. The molecular weight excluding hydrogens is 242 g/mol. The second-order valence-electron chi connectivity index (χ2n) is 4.15. The van der Waals surface area contributed by atoms with Crippen molar-refractivity contribution in [3.05, 3.63) is 42.0 Å². The molecule has 0 saturated heterocycles. The summed E-state index contributed by atoms with van der Waals surface area (Å²) in [6, 6.07) is 11.7. The predicted molar refractivity (Wildman–Crippen MR) is 71.0 cm³/mol. The highest BCUT2D eigenvalue weighted by molar-refractivity contribution is 5.60. The van der Waals surface area contributed by atoms with Crippen LogP contribution in [0, 0.1) is 0 Å². The van der Waals surface area contributed by atoms with Gasteiger partial charge in [-0.2, -0.15) is 0 Å². The van der Waals surface area contributed by atoms with Gasteiger partial charge in [0.15, 0.2) is 11.5 Å². The number of nitrogens with two attached hydrogens (primary N) is 1. The highest BCUT2D eigenvalue weighted by atomic mass is 15.6. The number of tetrazole rings is 1. The van der Waals surface area contributed by atoms with Crippen LogP contribution in [-0.4, -0.2) is 32.3 Å². The lowest BCUT2D eigenvalue weighted by molar-refractivity contribution is 0.731. The maximum Gasteiger partial charge on any atom is 0.200 e. The zero-order valence-corrected chi connectivity index (χ0v) is 10.4. The zero-order valence-electron chi connectivity index (χ0n) is 10.4. The molecule has 0 fully saturated rings. The number of nitrogens with zero attached hydrogens (tertiary/aromatic N) is 6. The Bertz CT molecular complexity index is 706. The van der Waals surface area contributed by atoms with E-state index in [-0.39, 0.29) is 0 Å². The molecule has 2 N–H and O–H groups in total. The van der Waals surface area contributed by atoms with E-state index in [0.29, 0.717) is 12.2 Å². The third kappa shape index (κ3) is 2.11. The molecule has 3 aromatic rings. The highest BCUT2D eigenvalue weighted by Gasteiger charge is 2.08. The van der Waals surface area contributed by atoms with Crippen molar-refractivity contribution in [1.29, 1.82) is 0 Å². The number of hydrogen-bond donors (Lipinski definition) is 1. The summed E-state index contributed by atoms with van der Waals surface area (Å²) >= 11 is 0.